The SMILES string of the molecule is O=C(Cn1nc(C(=O)O)cc1OCc1ccc(C(F)(F)F)c(F)c1)NC1CCCCC1. The second-order valence-corrected chi connectivity index (χ2v) is 7.33. The van der Waals surface area contributed by atoms with Gasteiger partial charge in [-0.25, -0.2) is 13.9 Å². The molecule has 0 aliphatic heterocycles. The third-order valence-electron chi connectivity index (χ3n) is 4.95. The highest BCUT2D eigenvalue weighted by atomic mass is 19.4. The number of hydrogen-bond donors (Lipinski definition) is 2. The van der Waals surface area contributed by atoms with Crippen molar-refractivity contribution in [3.8, 4) is 5.88 Å². The highest BCUT2D eigenvalue weighted by Gasteiger charge is 2.34. The van der Waals surface area contributed by atoms with Gasteiger partial charge >= 0.3 is 12.1 Å². The van der Waals surface area contributed by atoms with Crippen LogP contribution in [-0.2, 0) is 24.1 Å². The van der Waals surface area contributed by atoms with Crippen molar-refractivity contribution >= 4 is 11.9 Å². The Morgan fingerprint density at radius 2 is 1.90 bits per heavy atom. The summed E-state index contributed by atoms with van der Waals surface area (Å²) < 4.78 is 58.3. The van der Waals surface area contributed by atoms with Gasteiger partial charge in [0.15, 0.2) is 5.69 Å². The summed E-state index contributed by atoms with van der Waals surface area (Å²) in [6.45, 7) is -0.634. The fourth-order valence-corrected chi connectivity index (χ4v) is 3.43. The topological polar surface area (TPSA) is 93.5 Å². The lowest BCUT2D eigenvalue weighted by Crippen LogP contribution is -2.38. The van der Waals surface area contributed by atoms with Gasteiger partial charge < -0.3 is 15.2 Å². The molecular weight excluding hydrogens is 422 g/mol. The lowest BCUT2D eigenvalue weighted by molar-refractivity contribution is -0.140. The molecule has 1 aromatic carbocycles. The maximum Gasteiger partial charge on any atom is 0.419 e. The molecule has 1 heterocycles. The van der Waals surface area contributed by atoms with Crippen LogP contribution in [0.5, 0.6) is 5.88 Å². The van der Waals surface area contributed by atoms with Crippen LogP contribution in [0.2, 0.25) is 0 Å². The standard InChI is InChI=1S/C20H21F4N3O4/c21-15-8-12(6-7-14(15)20(22,23)24)11-31-18-9-16(19(29)30)26-27(18)10-17(28)25-13-4-2-1-3-5-13/h6-9,13H,1-5,10-11H2,(H,25,28)(H,29,30). The van der Waals surface area contributed by atoms with E-state index in [1.807, 2.05) is 0 Å². The van der Waals surface area contributed by atoms with Gasteiger partial charge in [0.05, 0.1) is 5.56 Å². The van der Waals surface area contributed by atoms with Crippen LogP contribution in [0.25, 0.3) is 0 Å². The number of aromatic carboxylic acids is 1. The molecule has 1 aliphatic rings. The number of rotatable bonds is 7. The van der Waals surface area contributed by atoms with Crippen molar-refractivity contribution in [2.24, 2.45) is 0 Å². The number of nitrogens with zero attached hydrogens (tertiary/aromatic N) is 2. The highest BCUT2D eigenvalue weighted by Crippen LogP contribution is 2.31. The van der Waals surface area contributed by atoms with Crippen LogP contribution in [0.15, 0.2) is 24.3 Å². The minimum atomic E-state index is -4.82. The number of nitrogens with one attached hydrogen (secondary N) is 1. The molecule has 11 heteroatoms. The minimum Gasteiger partial charge on any atom is -0.476 e. The Morgan fingerprint density at radius 3 is 2.52 bits per heavy atom. The molecule has 168 valence electrons. The van der Waals surface area contributed by atoms with Crippen molar-refractivity contribution in [3.63, 3.8) is 0 Å². The number of carboxylic acid groups (broad SMARTS) is 1. The van der Waals surface area contributed by atoms with Crippen LogP contribution in [-0.4, -0.2) is 32.8 Å². The molecule has 7 nitrogen and oxygen atoms in total. The molecule has 0 radical (unpaired) electrons. The molecule has 0 atom stereocenters. The largest absolute Gasteiger partial charge is 0.476 e. The molecule has 0 unspecified atom stereocenters. The van der Waals surface area contributed by atoms with E-state index in [-0.39, 0.29) is 42.2 Å². The highest BCUT2D eigenvalue weighted by molar-refractivity contribution is 5.85. The molecule has 0 spiro atoms. The summed E-state index contributed by atoms with van der Waals surface area (Å²) in [5.41, 5.74) is -1.66. The quantitative estimate of drug-likeness (QED) is 0.636. The Bertz CT molecular complexity index is 952. The van der Waals surface area contributed by atoms with E-state index in [1.54, 1.807) is 0 Å². The predicted octanol–water partition coefficient (Wildman–Crippen LogP) is 3.77. The van der Waals surface area contributed by atoms with Crippen molar-refractivity contribution in [1.82, 2.24) is 15.1 Å². The van der Waals surface area contributed by atoms with Crippen molar-refractivity contribution in [2.45, 2.75) is 57.5 Å². The molecule has 31 heavy (non-hydrogen) atoms. The normalized spacial score (nSPS) is 15.0. The number of benzene rings is 1. The fourth-order valence-electron chi connectivity index (χ4n) is 3.43. The molecule has 2 aromatic rings. The summed E-state index contributed by atoms with van der Waals surface area (Å²) in [4.78, 5) is 23.6. The van der Waals surface area contributed by atoms with Crippen LogP contribution in [0.1, 0.15) is 53.7 Å². The fraction of sp³-hybridized carbons (Fsp3) is 0.450. The van der Waals surface area contributed by atoms with Crippen molar-refractivity contribution in [2.75, 3.05) is 0 Å². The molecule has 2 N–H and O–H groups in total. The maximum atomic E-state index is 13.7. The summed E-state index contributed by atoms with van der Waals surface area (Å²) in [6, 6.07) is 3.50. The van der Waals surface area contributed by atoms with Gasteiger partial charge in [-0.1, -0.05) is 25.3 Å². The molecule has 1 aliphatic carbocycles. The zero-order chi connectivity index (χ0) is 22.6. The summed E-state index contributed by atoms with van der Waals surface area (Å²) in [5.74, 6) is -3.22. The number of carbonyl (C=O) groups excluding carboxylic acids is 1. The Balaban J connectivity index is 1.69. The average Bonchev–Trinajstić information content (AvgIpc) is 3.09. The van der Waals surface area contributed by atoms with Gasteiger partial charge in [0, 0.05) is 12.1 Å². The molecule has 0 saturated heterocycles. The number of amides is 1. The Morgan fingerprint density at radius 1 is 1.19 bits per heavy atom. The van der Waals surface area contributed by atoms with E-state index in [2.05, 4.69) is 10.4 Å². The van der Waals surface area contributed by atoms with E-state index in [1.165, 1.54) is 0 Å². The summed E-state index contributed by atoms with van der Waals surface area (Å²) in [5, 5.41) is 15.9. The van der Waals surface area contributed by atoms with Crippen LogP contribution in [0.4, 0.5) is 17.6 Å². The van der Waals surface area contributed by atoms with Crippen LogP contribution in [0, 0.1) is 5.82 Å². The number of carboxylic acids is 1. The number of halogens is 4. The van der Waals surface area contributed by atoms with E-state index in [0.29, 0.717) is 12.1 Å². The number of hydrogen-bond acceptors (Lipinski definition) is 4. The molecule has 1 aromatic heterocycles. The van der Waals surface area contributed by atoms with Gasteiger partial charge in [-0.3, -0.25) is 4.79 Å². The second kappa shape index (κ2) is 9.36. The first kappa shape index (κ1) is 22.6. The smallest absolute Gasteiger partial charge is 0.419 e. The Labute approximate surface area is 175 Å². The van der Waals surface area contributed by atoms with E-state index >= 15 is 0 Å². The summed E-state index contributed by atoms with van der Waals surface area (Å²) >= 11 is 0. The maximum absolute atomic E-state index is 13.7. The molecule has 1 fully saturated rings. The van der Waals surface area contributed by atoms with Crippen molar-refractivity contribution < 1.29 is 37.0 Å². The van der Waals surface area contributed by atoms with Gasteiger partial charge in [-0.15, -0.1) is 0 Å². The zero-order valence-electron chi connectivity index (χ0n) is 16.4. The number of aromatic nitrogens is 2. The van der Waals surface area contributed by atoms with Crippen LogP contribution < -0.4 is 10.1 Å². The van der Waals surface area contributed by atoms with E-state index in [4.69, 9.17) is 9.84 Å². The predicted molar refractivity (Wildman–Crippen MR) is 99.9 cm³/mol. The number of ether oxygens (including phenoxy) is 1. The minimum absolute atomic E-state index is 0.0512. The Kier molecular flexibility index (Phi) is 6.81. The van der Waals surface area contributed by atoms with Crippen molar-refractivity contribution in [3.05, 3.63) is 46.9 Å². The van der Waals surface area contributed by atoms with E-state index in [9.17, 15) is 27.2 Å². The molecule has 1 saturated carbocycles. The van der Waals surface area contributed by atoms with Crippen molar-refractivity contribution in [1.29, 1.82) is 0 Å². The lowest BCUT2D eigenvalue weighted by atomic mass is 9.95. The van der Waals surface area contributed by atoms with Gasteiger partial charge in [-0.2, -0.15) is 18.3 Å². The van der Waals surface area contributed by atoms with Crippen LogP contribution in [0.3, 0.4) is 0 Å². The van der Waals surface area contributed by atoms with Crippen LogP contribution >= 0.6 is 0 Å². The first-order chi connectivity index (χ1) is 14.6. The third-order valence-corrected chi connectivity index (χ3v) is 4.95. The molecule has 0 bridgehead atoms. The first-order valence-electron chi connectivity index (χ1n) is 9.72. The zero-order valence-corrected chi connectivity index (χ0v) is 16.4. The summed E-state index contributed by atoms with van der Waals surface area (Å²) in [6.07, 6.45) is 0.0875. The number of carbonyl (C=O) groups is 2. The van der Waals surface area contributed by atoms with Gasteiger partial charge in [0.1, 0.15) is 19.0 Å². The third kappa shape index (κ3) is 5.96. The lowest BCUT2D eigenvalue weighted by Gasteiger charge is -2.22. The Hall–Kier alpha value is -3.11. The molecule has 1 amide bonds. The van der Waals surface area contributed by atoms with E-state index < -0.39 is 23.5 Å². The summed E-state index contributed by atoms with van der Waals surface area (Å²) in [7, 11) is 0. The molecular formula is C20H21F4N3O4. The van der Waals surface area contributed by atoms with E-state index in [0.717, 1.165) is 48.9 Å². The number of alkyl halides is 3. The second-order valence-electron chi connectivity index (χ2n) is 7.33. The average molecular weight is 443 g/mol. The molecule has 3 rings (SSSR count). The van der Waals surface area contributed by atoms with Gasteiger partial charge in [-0.05, 0) is 30.5 Å². The van der Waals surface area contributed by atoms with Gasteiger partial charge in [0.2, 0.25) is 11.8 Å². The van der Waals surface area contributed by atoms with Gasteiger partial charge in [0.25, 0.3) is 0 Å². The monoisotopic (exact) mass is 443 g/mol. The first-order valence-corrected chi connectivity index (χ1v) is 9.72.